The van der Waals surface area contributed by atoms with Crippen molar-refractivity contribution in [2.75, 3.05) is 31.8 Å². The first-order valence-electron chi connectivity index (χ1n) is 10.0. The molecular weight excluding hydrogens is 308 g/mol. The number of likely N-dealkylation sites (tertiary alicyclic amines) is 1. The molecule has 2 aliphatic rings. The van der Waals surface area contributed by atoms with Crippen molar-refractivity contribution >= 4 is 5.69 Å². The number of hydrogen-bond acceptors (Lipinski definition) is 3. The lowest BCUT2D eigenvalue weighted by Crippen LogP contribution is -2.25. The van der Waals surface area contributed by atoms with E-state index in [2.05, 4.69) is 61.9 Å². The van der Waals surface area contributed by atoms with Crippen LogP contribution >= 0.6 is 0 Å². The van der Waals surface area contributed by atoms with Crippen LogP contribution in [0.15, 0.2) is 30.0 Å². The molecule has 1 aromatic rings. The van der Waals surface area contributed by atoms with Crippen molar-refractivity contribution in [3.63, 3.8) is 0 Å². The number of rotatable bonds is 7. The summed E-state index contributed by atoms with van der Waals surface area (Å²) in [6.45, 7) is 10.1. The molecular formula is C22H34N2O. The highest BCUT2D eigenvalue weighted by Gasteiger charge is 2.23. The van der Waals surface area contributed by atoms with Crippen LogP contribution in [0.4, 0.5) is 5.69 Å². The van der Waals surface area contributed by atoms with Gasteiger partial charge in [-0.3, -0.25) is 0 Å². The molecule has 0 saturated carbocycles. The maximum atomic E-state index is 5.70. The highest BCUT2D eigenvalue weighted by molar-refractivity contribution is 5.62. The van der Waals surface area contributed by atoms with Gasteiger partial charge in [0, 0.05) is 25.8 Å². The first-order chi connectivity index (χ1) is 12.1. The molecule has 1 aromatic carbocycles. The number of anilines is 1. The molecule has 138 valence electrons. The van der Waals surface area contributed by atoms with E-state index in [0.29, 0.717) is 18.6 Å². The third kappa shape index (κ3) is 4.13. The van der Waals surface area contributed by atoms with Gasteiger partial charge in [-0.2, -0.15) is 0 Å². The molecule has 0 aliphatic carbocycles. The lowest BCUT2D eigenvalue weighted by atomic mass is 9.87. The van der Waals surface area contributed by atoms with E-state index in [1.807, 2.05) is 0 Å². The second kappa shape index (κ2) is 8.16. The van der Waals surface area contributed by atoms with Gasteiger partial charge in [0.25, 0.3) is 0 Å². The lowest BCUT2D eigenvalue weighted by molar-refractivity contribution is 0.304. The normalized spacial score (nSPS) is 20.7. The largest absolute Gasteiger partial charge is 0.471 e. The van der Waals surface area contributed by atoms with Gasteiger partial charge in [0.2, 0.25) is 0 Å². The fourth-order valence-electron chi connectivity index (χ4n) is 4.35. The first kappa shape index (κ1) is 18.2. The summed E-state index contributed by atoms with van der Waals surface area (Å²) in [5.41, 5.74) is 4.30. The summed E-state index contributed by atoms with van der Waals surface area (Å²) in [6, 6.07) is 6.78. The molecule has 0 spiro atoms. The van der Waals surface area contributed by atoms with Gasteiger partial charge in [-0.25, -0.2) is 0 Å². The predicted octanol–water partition coefficient (Wildman–Crippen LogP) is 5.38. The van der Waals surface area contributed by atoms with Gasteiger partial charge >= 0.3 is 0 Å². The summed E-state index contributed by atoms with van der Waals surface area (Å²) in [4.78, 5) is 4.83. The van der Waals surface area contributed by atoms with E-state index in [-0.39, 0.29) is 0 Å². The predicted molar refractivity (Wildman–Crippen MR) is 106 cm³/mol. The molecule has 0 amide bonds. The van der Waals surface area contributed by atoms with Crippen molar-refractivity contribution in [2.45, 2.75) is 58.8 Å². The summed E-state index contributed by atoms with van der Waals surface area (Å²) in [6.07, 6.45) is 8.64. The van der Waals surface area contributed by atoms with Gasteiger partial charge in [0.15, 0.2) is 6.73 Å². The van der Waals surface area contributed by atoms with E-state index >= 15 is 0 Å². The Kier molecular flexibility index (Phi) is 5.93. The molecule has 3 heteroatoms. The molecule has 1 saturated heterocycles. The molecule has 2 heterocycles. The monoisotopic (exact) mass is 342 g/mol. The van der Waals surface area contributed by atoms with Gasteiger partial charge in [0.1, 0.15) is 5.75 Å². The fourth-order valence-corrected chi connectivity index (χ4v) is 4.35. The number of fused-ring (bicyclic) bond motifs is 1. The molecule has 0 radical (unpaired) electrons. The zero-order chi connectivity index (χ0) is 17.8. The Morgan fingerprint density at radius 3 is 2.88 bits per heavy atom. The average Bonchev–Trinajstić information content (AvgIpc) is 3.20. The highest BCUT2D eigenvalue weighted by atomic mass is 16.5. The second-order valence-electron chi connectivity index (χ2n) is 7.80. The minimum Gasteiger partial charge on any atom is -0.471 e. The summed E-state index contributed by atoms with van der Waals surface area (Å²) >= 11 is 0. The van der Waals surface area contributed by atoms with Crippen molar-refractivity contribution in [3.8, 4) is 5.75 Å². The number of allylic oxidation sites excluding steroid dienone is 2. The Bertz CT molecular complexity index is 610. The standard InChI is InChI=1S/C22H34N2O/c1-5-8-20-9-7-12-24(20)15-17(3)13-18(6-2)19-10-11-22-21(14-19)23(4)16-25-22/h8,10-11,14,17-18H,5-7,9,12-13,15-16H2,1-4H3/b20-8-. The third-order valence-corrected chi connectivity index (χ3v) is 5.70. The second-order valence-corrected chi connectivity index (χ2v) is 7.80. The number of benzene rings is 1. The van der Waals surface area contributed by atoms with E-state index in [1.165, 1.54) is 50.0 Å². The molecule has 3 rings (SSSR count). The van der Waals surface area contributed by atoms with Crippen molar-refractivity contribution in [3.05, 3.63) is 35.5 Å². The van der Waals surface area contributed by atoms with Gasteiger partial charge in [-0.15, -0.1) is 0 Å². The Labute approximate surface area is 153 Å². The minimum atomic E-state index is 0.635. The smallest absolute Gasteiger partial charge is 0.161 e. The summed E-state index contributed by atoms with van der Waals surface area (Å²) in [7, 11) is 2.11. The lowest BCUT2D eigenvalue weighted by Gasteiger charge is -2.27. The van der Waals surface area contributed by atoms with Gasteiger partial charge < -0.3 is 14.5 Å². The van der Waals surface area contributed by atoms with E-state index < -0.39 is 0 Å². The molecule has 0 aromatic heterocycles. The molecule has 2 atom stereocenters. The molecule has 25 heavy (non-hydrogen) atoms. The van der Waals surface area contributed by atoms with Crippen LogP contribution in [0.2, 0.25) is 0 Å². The van der Waals surface area contributed by atoms with Crippen LogP contribution in [0.25, 0.3) is 0 Å². The van der Waals surface area contributed by atoms with Gasteiger partial charge in [-0.05, 0) is 61.6 Å². The minimum absolute atomic E-state index is 0.635. The molecule has 0 N–H and O–H groups in total. The number of ether oxygens (including phenoxy) is 1. The third-order valence-electron chi connectivity index (χ3n) is 5.70. The number of hydrogen-bond donors (Lipinski definition) is 0. The first-order valence-corrected chi connectivity index (χ1v) is 10.0. The van der Waals surface area contributed by atoms with E-state index in [4.69, 9.17) is 4.74 Å². The Hall–Kier alpha value is -1.64. The van der Waals surface area contributed by atoms with E-state index in [1.54, 1.807) is 5.70 Å². The quantitative estimate of drug-likeness (QED) is 0.661. The SMILES string of the molecule is CC/C=C1/CCCN1CC(C)CC(CC)c1ccc2c(c1)N(C)CO2. The van der Waals surface area contributed by atoms with Gasteiger partial charge in [0.05, 0.1) is 5.69 Å². The molecule has 0 bridgehead atoms. The van der Waals surface area contributed by atoms with Crippen molar-refractivity contribution in [1.82, 2.24) is 4.90 Å². The van der Waals surface area contributed by atoms with Crippen molar-refractivity contribution in [2.24, 2.45) is 5.92 Å². The van der Waals surface area contributed by atoms with E-state index in [9.17, 15) is 0 Å². The van der Waals surface area contributed by atoms with Crippen LogP contribution in [0.5, 0.6) is 5.75 Å². The fraction of sp³-hybridized carbons (Fsp3) is 0.636. The summed E-state index contributed by atoms with van der Waals surface area (Å²) in [5.74, 6) is 2.38. The maximum Gasteiger partial charge on any atom is 0.161 e. The zero-order valence-electron chi connectivity index (χ0n) is 16.4. The maximum absolute atomic E-state index is 5.70. The van der Waals surface area contributed by atoms with Crippen molar-refractivity contribution in [1.29, 1.82) is 0 Å². The van der Waals surface area contributed by atoms with E-state index in [0.717, 1.165) is 12.2 Å². The molecule has 3 nitrogen and oxygen atoms in total. The molecule has 1 fully saturated rings. The Balaban J connectivity index is 1.64. The van der Waals surface area contributed by atoms with Crippen molar-refractivity contribution < 1.29 is 4.74 Å². The van der Waals surface area contributed by atoms with Crippen LogP contribution in [-0.4, -0.2) is 31.8 Å². The average molecular weight is 343 g/mol. The van der Waals surface area contributed by atoms with Crippen LogP contribution < -0.4 is 9.64 Å². The molecule has 2 unspecified atom stereocenters. The van der Waals surface area contributed by atoms with Crippen LogP contribution in [0, 0.1) is 5.92 Å². The Morgan fingerprint density at radius 1 is 1.28 bits per heavy atom. The van der Waals surface area contributed by atoms with Crippen LogP contribution in [-0.2, 0) is 0 Å². The van der Waals surface area contributed by atoms with Gasteiger partial charge in [-0.1, -0.05) is 32.9 Å². The van der Waals surface area contributed by atoms with Crippen LogP contribution in [0.3, 0.4) is 0 Å². The zero-order valence-corrected chi connectivity index (χ0v) is 16.4. The topological polar surface area (TPSA) is 15.7 Å². The van der Waals surface area contributed by atoms with Crippen LogP contribution in [0.1, 0.15) is 64.4 Å². The summed E-state index contributed by atoms with van der Waals surface area (Å²) < 4.78 is 5.70. The molecule has 2 aliphatic heterocycles. The highest BCUT2D eigenvalue weighted by Crippen LogP contribution is 2.38. The number of nitrogens with zero attached hydrogens (tertiary/aromatic N) is 2. The Morgan fingerprint density at radius 2 is 2.12 bits per heavy atom. The summed E-state index contributed by atoms with van der Waals surface area (Å²) in [5, 5.41) is 0.